The predicted molar refractivity (Wildman–Crippen MR) is 46.4 cm³/mol. The molecule has 0 radical (unpaired) electrons. The fourth-order valence-corrected chi connectivity index (χ4v) is 1.11. The number of hydrogen-bond donors (Lipinski definition) is 0. The summed E-state index contributed by atoms with van der Waals surface area (Å²) in [5.74, 6) is 0.476. The molecule has 0 spiro atoms. The van der Waals surface area contributed by atoms with Crippen LogP contribution in [0.25, 0.3) is 0 Å². The van der Waals surface area contributed by atoms with E-state index in [2.05, 4.69) is 0 Å². The quantitative estimate of drug-likeness (QED) is 0.647. The van der Waals surface area contributed by atoms with Gasteiger partial charge in [0, 0.05) is 0 Å². The Morgan fingerprint density at radius 2 is 1.85 bits per heavy atom. The molecule has 0 aliphatic heterocycles. The molecule has 0 fully saturated rings. The first-order valence-electron chi connectivity index (χ1n) is 3.79. The van der Waals surface area contributed by atoms with Crippen molar-refractivity contribution in [1.29, 1.82) is 0 Å². The van der Waals surface area contributed by atoms with Crippen molar-refractivity contribution in [1.82, 2.24) is 0 Å². The minimum absolute atomic E-state index is 0.476. The van der Waals surface area contributed by atoms with Crippen molar-refractivity contribution in [2.75, 3.05) is 7.11 Å². The molecular formula is C8H9BF3O-. The normalized spacial score (nSPS) is 11.5. The van der Waals surface area contributed by atoms with Crippen LogP contribution in [0.2, 0.25) is 0 Å². The van der Waals surface area contributed by atoms with Crippen LogP contribution in [0.1, 0.15) is 5.56 Å². The first-order valence-corrected chi connectivity index (χ1v) is 3.79. The molecule has 0 bridgehead atoms. The van der Waals surface area contributed by atoms with Crippen LogP contribution in [-0.4, -0.2) is 14.1 Å². The summed E-state index contributed by atoms with van der Waals surface area (Å²) in [7, 11) is 1.43. The third-order valence-electron chi connectivity index (χ3n) is 1.80. The monoisotopic (exact) mass is 189 g/mol. The maximum atomic E-state index is 12.2. The van der Waals surface area contributed by atoms with E-state index in [1.165, 1.54) is 13.2 Å². The molecule has 72 valence electrons. The second-order valence-corrected chi connectivity index (χ2v) is 2.80. The lowest BCUT2D eigenvalue weighted by Gasteiger charge is -2.16. The highest BCUT2D eigenvalue weighted by atomic mass is 19.4. The molecule has 1 aromatic rings. The Bertz CT molecular complexity index is 309. The van der Waals surface area contributed by atoms with Gasteiger partial charge in [-0.25, -0.2) is 0 Å². The molecule has 0 aromatic heterocycles. The average molecular weight is 189 g/mol. The molecule has 0 unspecified atom stereocenters. The molecule has 0 heterocycles. The van der Waals surface area contributed by atoms with Crippen LogP contribution >= 0.6 is 0 Å². The van der Waals surface area contributed by atoms with E-state index in [0.29, 0.717) is 11.3 Å². The lowest BCUT2D eigenvalue weighted by molar-refractivity contribution is 0.411. The van der Waals surface area contributed by atoms with Gasteiger partial charge in [0.15, 0.2) is 0 Å². The zero-order chi connectivity index (χ0) is 10.1. The number of ether oxygens (including phenoxy) is 1. The summed E-state index contributed by atoms with van der Waals surface area (Å²) in [4.78, 5) is 0. The Kier molecular flexibility index (Phi) is 2.54. The Morgan fingerprint density at radius 3 is 2.23 bits per heavy atom. The third-order valence-corrected chi connectivity index (χ3v) is 1.80. The van der Waals surface area contributed by atoms with Crippen LogP contribution < -0.4 is 10.2 Å². The fourth-order valence-electron chi connectivity index (χ4n) is 1.11. The van der Waals surface area contributed by atoms with E-state index in [1.54, 1.807) is 6.92 Å². The molecule has 0 aliphatic carbocycles. The van der Waals surface area contributed by atoms with Crippen LogP contribution in [-0.2, 0) is 0 Å². The molecule has 0 aliphatic rings. The zero-order valence-electron chi connectivity index (χ0n) is 7.35. The molecule has 0 N–H and O–H groups in total. The van der Waals surface area contributed by atoms with Gasteiger partial charge in [0.25, 0.3) is 0 Å². The Hall–Kier alpha value is -1.13. The van der Waals surface area contributed by atoms with E-state index in [-0.39, 0.29) is 0 Å². The smallest absolute Gasteiger partial charge is 0.496 e. The number of aryl methyl sites for hydroxylation is 1. The van der Waals surface area contributed by atoms with Gasteiger partial charge >= 0.3 is 6.98 Å². The van der Waals surface area contributed by atoms with E-state index < -0.39 is 12.4 Å². The van der Waals surface area contributed by atoms with E-state index in [4.69, 9.17) is 4.74 Å². The van der Waals surface area contributed by atoms with Crippen LogP contribution in [0.15, 0.2) is 18.2 Å². The topological polar surface area (TPSA) is 9.23 Å². The third kappa shape index (κ3) is 2.17. The molecule has 1 aromatic carbocycles. The minimum atomic E-state index is -4.90. The van der Waals surface area contributed by atoms with Crippen molar-refractivity contribution < 1.29 is 17.7 Å². The van der Waals surface area contributed by atoms with Gasteiger partial charge in [-0.2, -0.15) is 0 Å². The number of methoxy groups -OCH3 is 1. The van der Waals surface area contributed by atoms with Gasteiger partial charge in [0.1, 0.15) is 5.75 Å². The lowest BCUT2D eigenvalue weighted by atomic mass is 9.79. The van der Waals surface area contributed by atoms with Crippen LogP contribution in [0.3, 0.4) is 0 Å². The summed E-state index contributed by atoms with van der Waals surface area (Å²) >= 11 is 0. The Morgan fingerprint density at radius 1 is 1.23 bits per heavy atom. The van der Waals surface area contributed by atoms with Gasteiger partial charge in [-0.1, -0.05) is 12.1 Å². The van der Waals surface area contributed by atoms with Gasteiger partial charge in [-0.3, -0.25) is 0 Å². The predicted octanol–water partition coefficient (Wildman–Crippen LogP) is 2.06. The van der Waals surface area contributed by atoms with Crippen molar-refractivity contribution >= 4 is 12.4 Å². The Labute approximate surface area is 74.6 Å². The molecular weight excluding hydrogens is 180 g/mol. The molecule has 0 amide bonds. The van der Waals surface area contributed by atoms with Gasteiger partial charge < -0.3 is 17.7 Å². The maximum absolute atomic E-state index is 12.2. The van der Waals surface area contributed by atoms with Crippen LogP contribution in [0.4, 0.5) is 12.9 Å². The Balaban J connectivity index is 3.10. The summed E-state index contributed by atoms with van der Waals surface area (Å²) in [6.07, 6.45) is 0. The largest absolute Gasteiger partial charge is 0.509 e. The highest BCUT2D eigenvalue weighted by Crippen LogP contribution is 2.17. The molecule has 0 saturated carbocycles. The first-order chi connectivity index (χ1) is 5.95. The van der Waals surface area contributed by atoms with Crippen molar-refractivity contribution in [2.24, 2.45) is 0 Å². The van der Waals surface area contributed by atoms with Crippen molar-refractivity contribution in [3.05, 3.63) is 23.8 Å². The standard InChI is InChI=1S/C8H9BF3O/c1-6-5-7(9(10,11)12)3-4-8(6)13-2/h3-5H,1-2H3/q-1. The van der Waals surface area contributed by atoms with Crippen molar-refractivity contribution in [3.63, 3.8) is 0 Å². The summed E-state index contributed by atoms with van der Waals surface area (Å²) in [6, 6.07) is 3.46. The van der Waals surface area contributed by atoms with E-state index in [9.17, 15) is 12.9 Å². The van der Waals surface area contributed by atoms with Crippen LogP contribution in [0, 0.1) is 6.92 Å². The molecule has 1 nitrogen and oxygen atoms in total. The maximum Gasteiger partial charge on any atom is 0.509 e. The van der Waals surface area contributed by atoms with E-state index >= 15 is 0 Å². The summed E-state index contributed by atoms with van der Waals surface area (Å²) in [5.41, 5.74) is -0.0856. The zero-order valence-corrected chi connectivity index (χ0v) is 7.35. The van der Waals surface area contributed by atoms with Crippen LogP contribution in [0.5, 0.6) is 5.75 Å². The SMILES string of the molecule is COc1ccc([B-](F)(F)F)cc1C. The lowest BCUT2D eigenvalue weighted by Crippen LogP contribution is -2.33. The molecule has 13 heavy (non-hydrogen) atoms. The molecule has 0 atom stereocenters. The molecule has 5 heteroatoms. The number of benzene rings is 1. The second-order valence-electron chi connectivity index (χ2n) is 2.80. The summed E-state index contributed by atoms with van der Waals surface area (Å²) in [5, 5.41) is 0. The van der Waals surface area contributed by atoms with Gasteiger partial charge in [0.05, 0.1) is 7.11 Å². The van der Waals surface area contributed by atoms with Crippen molar-refractivity contribution in [2.45, 2.75) is 6.92 Å². The van der Waals surface area contributed by atoms with Gasteiger partial charge in [0.2, 0.25) is 0 Å². The average Bonchev–Trinajstić information content (AvgIpc) is 2.02. The highest BCUT2D eigenvalue weighted by Gasteiger charge is 2.25. The van der Waals surface area contributed by atoms with Crippen molar-refractivity contribution in [3.8, 4) is 5.75 Å². The summed E-state index contributed by atoms with van der Waals surface area (Å²) in [6.45, 7) is -3.31. The molecule has 0 saturated heterocycles. The summed E-state index contributed by atoms with van der Waals surface area (Å²) < 4.78 is 41.5. The van der Waals surface area contributed by atoms with E-state index in [1.807, 2.05) is 0 Å². The van der Waals surface area contributed by atoms with Gasteiger partial charge in [-0.15, -0.1) is 5.46 Å². The minimum Gasteiger partial charge on any atom is -0.496 e. The first kappa shape index (κ1) is 9.96. The number of halogens is 3. The highest BCUT2D eigenvalue weighted by molar-refractivity contribution is 6.73. The van der Waals surface area contributed by atoms with E-state index in [0.717, 1.165) is 12.1 Å². The van der Waals surface area contributed by atoms with Gasteiger partial charge in [-0.05, 0) is 18.6 Å². The second kappa shape index (κ2) is 3.32. The molecule has 1 rings (SSSR count). The number of hydrogen-bond acceptors (Lipinski definition) is 1. The fraction of sp³-hybridized carbons (Fsp3) is 0.250. The number of rotatable bonds is 2.